The maximum Gasteiger partial charge on any atom is 0.333 e. The number of hydrogen-bond acceptors (Lipinski definition) is 4. The van der Waals surface area contributed by atoms with Gasteiger partial charge in [0.1, 0.15) is 24.2 Å². The van der Waals surface area contributed by atoms with E-state index >= 15 is 0 Å². The highest BCUT2D eigenvalue weighted by atomic mass is 35.5. The zero-order valence-electron chi connectivity index (χ0n) is 14.1. The van der Waals surface area contributed by atoms with E-state index in [1.807, 2.05) is 31.2 Å². The molecule has 0 aliphatic carbocycles. The van der Waals surface area contributed by atoms with Crippen LogP contribution in [0.5, 0.6) is 11.5 Å². The molecular formula is C19H21ClO4. The molecular weight excluding hydrogens is 328 g/mol. The number of esters is 1. The van der Waals surface area contributed by atoms with Crippen LogP contribution < -0.4 is 9.47 Å². The SMILES string of the molecule is C=C(C)C(=O)OC(C)COc1c(Cl)cc(OCC)c2ccccc12. The quantitative estimate of drug-likeness (QED) is 0.533. The molecule has 0 aliphatic rings. The summed E-state index contributed by atoms with van der Waals surface area (Å²) in [5.74, 6) is 0.829. The Kier molecular flexibility index (Phi) is 6.10. The number of rotatable bonds is 7. The molecule has 0 radical (unpaired) electrons. The van der Waals surface area contributed by atoms with E-state index in [0.29, 0.717) is 28.7 Å². The van der Waals surface area contributed by atoms with E-state index in [4.69, 9.17) is 25.8 Å². The number of ether oxygens (including phenoxy) is 3. The van der Waals surface area contributed by atoms with Gasteiger partial charge in [-0.2, -0.15) is 0 Å². The highest BCUT2D eigenvalue weighted by molar-refractivity contribution is 6.33. The van der Waals surface area contributed by atoms with Crippen molar-refractivity contribution in [1.29, 1.82) is 0 Å². The van der Waals surface area contributed by atoms with Crippen molar-refractivity contribution in [3.63, 3.8) is 0 Å². The summed E-state index contributed by atoms with van der Waals surface area (Å²) in [7, 11) is 0. The number of fused-ring (bicyclic) bond motifs is 1. The van der Waals surface area contributed by atoms with Gasteiger partial charge >= 0.3 is 5.97 Å². The minimum atomic E-state index is -0.436. The number of halogens is 1. The second-order valence-electron chi connectivity index (χ2n) is 5.47. The second-order valence-corrected chi connectivity index (χ2v) is 5.88. The summed E-state index contributed by atoms with van der Waals surface area (Å²) < 4.78 is 16.7. The van der Waals surface area contributed by atoms with Gasteiger partial charge in [0.15, 0.2) is 0 Å². The van der Waals surface area contributed by atoms with Crippen LogP contribution in [0.25, 0.3) is 10.8 Å². The Bertz CT molecular complexity index is 754. The second kappa shape index (κ2) is 8.06. The molecule has 5 heteroatoms. The van der Waals surface area contributed by atoms with Gasteiger partial charge in [-0.3, -0.25) is 0 Å². The molecule has 2 aromatic rings. The van der Waals surface area contributed by atoms with Crippen molar-refractivity contribution < 1.29 is 19.0 Å². The minimum Gasteiger partial charge on any atom is -0.493 e. The molecule has 0 amide bonds. The van der Waals surface area contributed by atoms with E-state index in [1.165, 1.54) is 0 Å². The molecule has 0 aliphatic heterocycles. The molecule has 0 saturated carbocycles. The summed E-state index contributed by atoms with van der Waals surface area (Å²) in [6.45, 7) is 9.58. The lowest BCUT2D eigenvalue weighted by Crippen LogP contribution is -2.22. The van der Waals surface area contributed by atoms with Gasteiger partial charge in [0.25, 0.3) is 0 Å². The minimum absolute atomic E-state index is 0.191. The number of carbonyl (C=O) groups excluding carboxylic acids is 1. The summed E-state index contributed by atoms with van der Waals surface area (Å²) in [4.78, 5) is 11.5. The van der Waals surface area contributed by atoms with Crippen LogP contribution in [0.15, 0.2) is 42.5 Å². The number of benzene rings is 2. The predicted octanol–water partition coefficient (Wildman–Crippen LogP) is 4.78. The molecule has 1 unspecified atom stereocenters. The molecule has 128 valence electrons. The van der Waals surface area contributed by atoms with Crippen LogP contribution in [0.3, 0.4) is 0 Å². The first kappa shape index (κ1) is 18.1. The van der Waals surface area contributed by atoms with Crippen molar-refractivity contribution in [3.8, 4) is 11.5 Å². The van der Waals surface area contributed by atoms with E-state index in [1.54, 1.807) is 19.9 Å². The number of hydrogen-bond donors (Lipinski definition) is 0. The largest absolute Gasteiger partial charge is 0.493 e. The van der Waals surface area contributed by atoms with Crippen LogP contribution in [0.4, 0.5) is 0 Å². The third-order valence-corrected chi connectivity index (χ3v) is 3.61. The predicted molar refractivity (Wildman–Crippen MR) is 96.0 cm³/mol. The van der Waals surface area contributed by atoms with Gasteiger partial charge in [0, 0.05) is 22.4 Å². The number of carbonyl (C=O) groups is 1. The van der Waals surface area contributed by atoms with Gasteiger partial charge < -0.3 is 14.2 Å². The molecule has 2 aromatic carbocycles. The smallest absolute Gasteiger partial charge is 0.333 e. The van der Waals surface area contributed by atoms with Gasteiger partial charge in [-0.25, -0.2) is 4.79 Å². The van der Waals surface area contributed by atoms with Gasteiger partial charge in [0.05, 0.1) is 11.6 Å². The van der Waals surface area contributed by atoms with Gasteiger partial charge in [-0.05, 0) is 20.8 Å². The molecule has 0 bridgehead atoms. The van der Waals surface area contributed by atoms with Gasteiger partial charge in [-0.1, -0.05) is 42.4 Å². The zero-order chi connectivity index (χ0) is 17.7. The van der Waals surface area contributed by atoms with Crippen LogP contribution >= 0.6 is 11.6 Å². The fourth-order valence-electron chi connectivity index (χ4n) is 2.22. The third-order valence-electron chi connectivity index (χ3n) is 3.33. The van der Waals surface area contributed by atoms with Crippen molar-refractivity contribution in [2.75, 3.05) is 13.2 Å². The Morgan fingerprint density at radius 1 is 1.25 bits per heavy atom. The monoisotopic (exact) mass is 348 g/mol. The molecule has 24 heavy (non-hydrogen) atoms. The Labute approximate surface area is 147 Å². The van der Waals surface area contributed by atoms with Gasteiger partial charge in [-0.15, -0.1) is 0 Å². The highest BCUT2D eigenvalue weighted by Gasteiger charge is 2.16. The lowest BCUT2D eigenvalue weighted by atomic mass is 10.1. The summed E-state index contributed by atoms with van der Waals surface area (Å²) in [5.41, 5.74) is 0.353. The fourth-order valence-corrected chi connectivity index (χ4v) is 2.48. The Morgan fingerprint density at radius 3 is 2.54 bits per heavy atom. The normalized spacial score (nSPS) is 11.8. The molecule has 4 nitrogen and oxygen atoms in total. The summed E-state index contributed by atoms with van der Waals surface area (Å²) in [6, 6.07) is 9.45. The molecule has 0 N–H and O–H groups in total. The molecule has 1 atom stereocenters. The summed E-state index contributed by atoms with van der Waals surface area (Å²) >= 11 is 6.36. The van der Waals surface area contributed by atoms with E-state index in [-0.39, 0.29) is 6.61 Å². The molecule has 0 heterocycles. The first-order valence-corrected chi connectivity index (χ1v) is 8.15. The standard InChI is InChI=1S/C19H21ClO4/c1-5-22-17-10-16(20)18(15-9-7-6-8-14(15)17)23-11-13(4)24-19(21)12(2)3/h6-10,13H,2,5,11H2,1,3-4H3. The van der Waals surface area contributed by atoms with E-state index < -0.39 is 12.1 Å². The lowest BCUT2D eigenvalue weighted by Gasteiger charge is -2.18. The molecule has 0 aromatic heterocycles. The molecule has 0 fully saturated rings. The molecule has 0 saturated heterocycles. The van der Waals surface area contributed by atoms with E-state index in [2.05, 4.69) is 6.58 Å². The lowest BCUT2D eigenvalue weighted by molar-refractivity contribution is -0.144. The third kappa shape index (κ3) is 4.20. The van der Waals surface area contributed by atoms with Crippen LogP contribution in [0.2, 0.25) is 5.02 Å². The first-order valence-electron chi connectivity index (χ1n) is 7.77. The Hall–Kier alpha value is -2.20. The summed E-state index contributed by atoms with van der Waals surface area (Å²) in [5, 5.41) is 2.23. The topological polar surface area (TPSA) is 44.8 Å². The average molecular weight is 349 g/mol. The summed E-state index contributed by atoms with van der Waals surface area (Å²) in [6.07, 6.45) is -0.421. The maximum atomic E-state index is 11.5. The van der Waals surface area contributed by atoms with Crippen molar-refractivity contribution in [2.24, 2.45) is 0 Å². The fraction of sp³-hybridized carbons (Fsp3) is 0.316. The Balaban J connectivity index is 2.23. The van der Waals surface area contributed by atoms with Crippen molar-refractivity contribution in [3.05, 3.63) is 47.5 Å². The van der Waals surface area contributed by atoms with Crippen molar-refractivity contribution in [1.82, 2.24) is 0 Å². The van der Waals surface area contributed by atoms with Crippen LogP contribution in [-0.4, -0.2) is 25.3 Å². The maximum absolute atomic E-state index is 11.5. The van der Waals surface area contributed by atoms with E-state index in [9.17, 15) is 4.79 Å². The Morgan fingerprint density at radius 2 is 1.92 bits per heavy atom. The van der Waals surface area contributed by atoms with Crippen LogP contribution in [-0.2, 0) is 9.53 Å². The van der Waals surface area contributed by atoms with E-state index in [0.717, 1.165) is 10.8 Å². The molecule has 0 spiro atoms. The first-order chi connectivity index (χ1) is 11.4. The van der Waals surface area contributed by atoms with Crippen molar-refractivity contribution in [2.45, 2.75) is 26.9 Å². The van der Waals surface area contributed by atoms with Crippen LogP contribution in [0.1, 0.15) is 20.8 Å². The van der Waals surface area contributed by atoms with Gasteiger partial charge in [0.2, 0.25) is 0 Å². The highest BCUT2D eigenvalue weighted by Crippen LogP contribution is 2.39. The average Bonchev–Trinajstić information content (AvgIpc) is 2.54. The van der Waals surface area contributed by atoms with Crippen LogP contribution in [0, 0.1) is 0 Å². The van der Waals surface area contributed by atoms with Crippen molar-refractivity contribution >= 4 is 28.3 Å². The zero-order valence-corrected chi connectivity index (χ0v) is 14.9. The molecule has 2 rings (SSSR count).